The summed E-state index contributed by atoms with van der Waals surface area (Å²) in [6.07, 6.45) is 2.97. The highest BCUT2D eigenvalue weighted by atomic mass is 79.9. The third kappa shape index (κ3) is 2.71. The van der Waals surface area contributed by atoms with Gasteiger partial charge in [0.05, 0.1) is 10.6 Å². The van der Waals surface area contributed by atoms with Gasteiger partial charge in [0.1, 0.15) is 5.82 Å². The Morgan fingerprint density at radius 2 is 1.82 bits per heavy atom. The molecule has 0 unspecified atom stereocenters. The highest BCUT2D eigenvalue weighted by Gasteiger charge is 2.40. The summed E-state index contributed by atoms with van der Waals surface area (Å²) in [5.41, 5.74) is -0.118. The molecule has 0 spiro atoms. The van der Waals surface area contributed by atoms with E-state index in [4.69, 9.17) is 0 Å². The van der Waals surface area contributed by atoms with Crippen LogP contribution < -0.4 is 0 Å². The average Bonchev–Trinajstić information content (AvgIpc) is 2.24. The molecule has 0 heterocycles. The van der Waals surface area contributed by atoms with Crippen LogP contribution in [0.2, 0.25) is 0 Å². The Labute approximate surface area is 109 Å². The summed E-state index contributed by atoms with van der Waals surface area (Å²) in [7, 11) is -3.30. The second kappa shape index (κ2) is 4.69. The summed E-state index contributed by atoms with van der Waals surface area (Å²) in [4.78, 5) is 0.214. The molecule has 1 saturated carbocycles. The Bertz CT molecular complexity index is 486. The summed E-state index contributed by atoms with van der Waals surface area (Å²) in [6, 6.07) is 5.06. The SMILES string of the molecule is O=S(=O)(CC1(CBr)CCC1)c1ccc(F)cc1. The molecule has 1 fully saturated rings. The van der Waals surface area contributed by atoms with Crippen LogP contribution in [0.4, 0.5) is 4.39 Å². The van der Waals surface area contributed by atoms with Crippen LogP contribution in [-0.2, 0) is 9.84 Å². The van der Waals surface area contributed by atoms with E-state index in [2.05, 4.69) is 15.9 Å². The molecular formula is C12H14BrFO2S. The Kier molecular flexibility index (Phi) is 3.59. The lowest BCUT2D eigenvalue weighted by atomic mass is 9.72. The smallest absolute Gasteiger partial charge is 0.178 e. The monoisotopic (exact) mass is 320 g/mol. The van der Waals surface area contributed by atoms with E-state index in [-0.39, 0.29) is 16.1 Å². The van der Waals surface area contributed by atoms with Crippen molar-refractivity contribution in [2.75, 3.05) is 11.1 Å². The molecule has 1 aliphatic carbocycles. The largest absolute Gasteiger partial charge is 0.224 e. The van der Waals surface area contributed by atoms with E-state index in [1.165, 1.54) is 24.3 Å². The Morgan fingerprint density at radius 1 is 1.24 bits per heavy atom. The van der Waals surface area contributed by atoms with E-state index in [1.54, 1.807) is 0 Å². The van der Waals surface area contributed by atoms with Crippen molar-refractivity contribution in [1.29, 1.82) is 0 Å². The lowest BCUT2D eigenvalue weighted by Crippen LogP contribution is -2.38. The summed E-state index contributed by atoms with van der Waals surface area (Å²) in [5, 5.41) is 0.709. The maximum atomic E-state index is 12.8. The number of alkyl halides is 1. The number of halogens is 2. The lowest BCUT2D eigenvalue weighted by molar-refractivity contribution is 0.203. The third-order valence-electron chi connectivity index (χ3n) is 3.37. The first-order chi connectivity index (χ1) is 7.97. The van der Waals surface area contributed by atoms with Gasteiger partial charge in [0, 0.05) is 5.33 Å². The van der Waals surface area contributed by atoms with E-state index in [0.717, 1.165) is 19.3 Å². The zero-order chi connectivity index (χ0) is 12.5. The maximum absolute atomic E-state index is 12.8. The standard InChI is InChI=1S/C12H14BrFO2S/c13-8-12(6-1-7-12)9-17(15,16)11-4-2-10(14)3-5-11/h2-5H,1,6-9H2. The Hall–Kier alpha value is -0.420. The van der Waals surface area contributed by atoms with E-state index < -0.39 is 15.7 Å². The Morgan fingerprint density at radius 3 is 2.24 bits per heavy atom. The zero-order valence-corrected chi connectivity index (χ0v) is 11.7. The fraction of sp³-hybridized carbons (Fsp3) is 0.500. The number of rotatable bonds is 4. The van der Waals surface area contributed by atoms with Gasteiger partial charge in [0.15, 0.2) is 9.84 Å². The van der Waals surface area contributed by atoms with Crippen molar-refractivity contribution in [2.45, 2.75) is 24.2 Å². The minimum absolute atomic E-state index is 0.118. The molecule has 0 atom stereocenters. The van der Waals surface area contributed by atoms with Crippen LogP contribution in [0.1, 0.15) is 19.3 Å². The molecule has 0 saturated heterocycles. The van der Waals surface area contributed by atoms with Crippen molar-refractivity contribution in [3.05, 3.63) is 30.1 Å². The van der Waals surface area contributed by atoms with E-state index in [1.807, 2.05) is 0 Å². The number of hydrogen-bond acceptors (Lipinski definition) is 2. The van der Waals surface area contributed by atoms with Gasteiger partial charge in [-0.25, -0.2) is 12.8 Å². The minimum Gasteiger partial charge on any atom is -0.224 e. The molecule has 0 aliphatic heterocycles. The van der Waals surface area contributed by atoms with Crippen molar-refractivity contribution in [2.24, 2.45) is 5.41 Å². The topological polar surface area (TPSA) is 34.1 Å². The van der Waals surface area contributed by atoms with Crippen LogP contribution in [0.15, 0.2) is 29.2 Å². The molecular weight excluding hydrogens is 307 g/mol. The molecule has 0 radical (unpaired) electrons. The van der Waals surface area contributed by atoms with E-state index in [9.17, 15) is 12.8 Å². The van der Waals surface area contributed by atoms with Gasteiger partial charge in [0.25, 0.3) is 0 Å². The van der Waals surface area contributed by atoms with E-state index >= 15 is 0 Å². The van der Waals surface area contributed by atoms with Gasteiger partial charge >= 0.3 is 0 Å². The summed E-state index contributed by atoms with van der Waals surface area (Å²) in [5.74, 6) is -0.264. The molecule has 94 valence electrons. The van der Waals surface area contributed by atoms with E-state index in [0.29, 0.717) is 5.33 Å². The summed E-state index contributed by atoms with van der Waals surface area (Å²) >= 11 is 3.40. The molecule has 0 bridgehead atoms. The zero-order valence-electron chi connectivity index (χ0n) is 9.33. The normalized spacial score (nSPS) is 18.7. The predicted molar refractivity (Wildman–Crippen MR) is 68.5 cm³/mol. The van der Waals surface area contributed by atoms with Crippen LogP contribution in [-0.4, -0.2) is 19.5 Å². The van der Waals surface area contributed by atoms with Crippen molar-refractivity contribution in [3.8, 4) is 0 Å². The van der Waals surface area contributed by atoms with Gasteiger partial charge in [-0.2, -0.15) is 0 Å². The minimum atomic E-state index is -3.30. The first kappa shape index (κ1) is 13.0. The maximum Gasteiger partial charge on any atom is 0.178 e. The van der Waals surface area contributed by atoms with Crippen LogP contribution in [0.3, 0.4) is 0 Å². The fourth-order valence-electron chi connectivity index (χ4n) is 2.12. The van der Waals surface area contributed by atoms with Crippen molar-refractivity contribution >= 4 is 25.8 Å². The molecule has 1 aromatic rings. The van der Waals surface area contributed by atoms with Gasteiger partial charge < -0.3 is 0 Å². The number of hydrogen-bond donors (Lipinski definition) is 0. The quantitative estimate of drug-likeness (QED) is 0.630. The highest BCUT2D eigenvalue weighted by Crippen LogP contribution is 2.44. The molecule has 5 heteroatoms. The van der Waals surface area contributed by atoms with Crippen LogP contribution >= 0.6 is 15.9 Å². The van der Waals surface area contributed by atoms with Crippen LogP contribution in [0.25, 0.3) is 0 Å². The van der Waals surface area contributed by atoms with Gasteiger partial charge in [-0.15, -0.1) is 0 Å². The van der Waals surface area contributed by atoms with Gasteiger partial charge in [-0.3, -0.25) is 0 Å². The molecule has 17 heavy (non-hydrogen) atoms. The molecule has 2 nitrogen and oxygen atoms in total. The number of benzene rings is 1. The fourth-order valence-corrected chi connectivity index (χ4v) is 5.06. The van der Waals surface area contributed by atoms with Crippen molar-refractivity contribution < 1.29 is 12.8 Å². The molecule has 0 amide bonds. The molecule has 2 rings (SSSR count). The summed E-state index contributed by atoms with van der Waals surface area (Å²) in [6.45, 7) is 0. The van der Waals surface area contributed by atoms with Crippen LogP contribution in [0, 0.1) is 11.2 Å². The van der Waals surface area contributed by atoms with Gasteiger partial charge in [-0.05, 0) is 42.5 Å². The Balaban J connectivity index is 2.22. The van der Waals surface area contributed by atoms with Gasteiger partial charge in [0.2, 0.25) is 0 Å². The molecule has 1 aliphatic rings. The molecule has 1 aromatic carbocycles. The first-order valence-electron chi connectivity index (χ1n) is 5.52. The third-order valence-corrected chi connectivity index (χ3v) is 6.54. The highest BCUT2D eigenvalue weighted by molar-refractivity contribution is 9.09. The average molecular weight is 321 g/mol. The molecule has 0 aromatic heterocycles. The van der Waals surface area contributed by atoms with Crippen LogP contribution in [0.5, 0.6) is 0 Å². The second-order valence-electron chi connectivity index (χ2n) is 4.70. The molecule has 0 N–H and O–H groups in total. The second-order valence-corrected chi connectivity index (χ2v) is 7.25. The predicted octanol–water partition coefficient (Wildman–Crippen LogP) is 3.16. The van der Waals surface area contributed by atoms with Gasteiger partial charge in [-0.1, -0.05) is 22.4 Å². The van der Waals surface area contributed by atoms with Crippen molar-refractivity contribution in [1.82, 2.24) is 0 Å². The number of sulfone groups is 1. The first-order valence-corrected chi connectivity index (χ1v) is 8.29. The lowest BCUT2D eigenvalue weighted by Gasteiger charge is -2.40. The summed E-state index contributed by atoms with van der Waals surface area (Å²) < 4.78 is 37.1. The van der Waals surface area contributed by atoms with Crippen molar-refractivity contribution in [3.63, 3.8) is 0 Å².